The van der Waals surface area contributed by atoms with E-state index in [1.807, 2.05) is 18.2 Å². The molecule has 0 radical (unpaired) electrons. The Bertz CT molecular complexity index is 2600. The molecule has 0 heterocycles. The first-order chi connectivity index (χ1) is 28.9. The van der Waals surface area contributed by atoms with Crippen molar-refractivity contribution in [2.75, 3.05) is 0 Å². The molecule has 0 N–H and O–H groups in total. The Hall–Kier alpha value is -4.78. The van der Waals surface area contributed by atoms with Crippen molar-refractivity contribution in [1.29, 1.82) is 0 Å². The summed E-state index contributed by atoms with van der Waals surface area (Å²) >= 11 is 0. The van der Waals surface area contributed by atoms with Crippen LogP contribution in [-0.2, 0) is 57.6 Å². The van der Waals surface area contributed by atoms with Crippen LogP contribution in [0.15, 0.2) is 206 Å². The number of hydrogen-bond donors (Lipinski definition) is 0. The summed E-state index contributed by atoms with van der Waals surface area (Å²) in [5.41, 5.74) is 12.4. The van der Waals surface area contributed by atoms with Crippen LogP contribution in [0.5, 0.6) is 0 Å². The van der Waals surface area contributed by atoms with Crippen molar-refractivity contribution in [3.05, 3.63) is 252 Å². The second-order valence-corrected chi connectivity index (χ2v) is 22.3. The maximum atomic E-state index is 7.14. The van der Waals surface area contributed by atoms with Crippen LogP contribution in [0.25, 0.3) is 22.3 Å². The number of benzene rings is 8. The number of rotatable bonds is 6. The molecule has 0 unspecified atom stereocenters. The normalized spacial score (nSPS) is 11.3. The molecule has 61 heavy (non-hydrogen) atoms. The van der Waals surface area contributed by atoms with E-state index in [1.54, 1.807) is 0 Å². The molecule has 0 fully saturated rings. The maximum absolute atomic E-state index is 7.14. The van der Waals surface area contributed by atoms with Crippen molar-refractivity contribution in [2.24, 2.45) is 0 Å². The summed E-state index contributed by atoms with van der Waals surface area (Å²) in [4.78, 5) is 0.154. The molecular weight excluding hydrogens is 1140 g/mol. The van der Waals surface area contributed by atoms with Crippen molar-refractivity contribution in [2.45, 2.75) is 31.6 Å². The van der Waals surface area contributed by atoms with E-state index >= 15 is 0 Å². The third-order valence-corrected chi connectivity index (χ3v) is 19.0. The molecule has 0 bridgehead atoms. The van der Waals surface area contributed by atoms with E-state index in [2.05, 4.69) is 214 Å². The second-order valence-electron chi connectivity index (χ2n) is 15.5. The molecular formula is C57H46Au2P2+2. The van der Waals surface area contributed by atoms with Gasteiger partial charge in [0.25, 0.3) is 0 Å². The molecule has 4 heteroatoms. The molecule has 0 spiro atoms. The van der Waals surface area contributed by atoms with Gasteiger partial charge in [-0.2, -0.15) is 0 Å². The summed E-state index contributed by atoms with van der Waals surface area (Å²) in [5, 5.41) is 5.96. The van der Waals surface area contributed by atoms with Crippen LogP contribution in [-0.4, -0.2) is 4.90 Å². The van der Waals surface area contributed by atoms with Crippen molar-refractivity contribution >= 4 is 37.1 Å². The van der Waals surface area contributed by atoms with Crippen molar-refractivity contribution in [3.63, 3.8) is 0 Å². The van der Waals surface area contributed by atoms with Crippen LogP contribution < -0.4 is 21.2 Å². The van der Waals surface area contributed by atoms with Crippen LogP contribution >= 0.6 is 15.8 Å². The first-order valence-electron chi connectivity index (χ1n) is 20.2. The second kappa shape index (κ2) is 21.3. The SMILES string of the molecule is CC(C)([PH+](c1ccccc1)c1ccccc1)[PH+](c1ccccc1)c1ccccc1.[Au+].[Au+].[C-]#Cc1ccc2c(c1)-c1ccccc1C2.[C-]#Cc1ccc2c(c1)Cc1ccccc1-2. The molecule has 0 amide bonds. The quantitative estimate of drug-likeness (QED) is 0.0674. The Labute approximate surface area is 396 Å². The summed E-state index contributed by atoms with van der Waals surface area (Å²) in [7, 11) is -2.05. The van der Waals surface area contributed by atoms with Gasteiger partial charge >= 0.3 is 44.8 Å². The average Bonchev–Trinajstić information content (AvgIpc) is 3.86. The van der Waals surface area contributed by atoms with Gasteiger partial charge in [-0.1, -0.05) is 139 Å². The fraction of sp³-hybridized carbons (Fsp3) is 0.0877. The van der Waals surface area contributed by atoms with E-state index in [9.17, 15) is 0 Å². The zero-order valence-corrected chi connectivity index (χ0v) is 40.5. The van der Waals surface area contributed by atoms with Gasteiger partial charge in [0.05, 0.1) is 0 Å². The van der Waals surface area contributed by atoms with Crippen LogP contribution in [0.4, 0.5) is 0 Å². The van der Waals surface area contributed by atoms with Gasteiger partial charge in [0, 0.05) is 13.8 Å². The molecule has 0 aliphatic heterocycles. The van der Waals surface area contributed by atoms with Gasteiger partial charge in [0.2, 0.25) is 0 Å². The Morgan fingerprint density at radius 2 is 0.689 bits per heavy atom. The van der Waals surface area contributed by atoms with E-state index in [4.69, 9.17) is 12.8 Å². The van der Waals surface area contributed by atoms with Crippen LogP contribution in [0, 0.1) is 24.7 Å². The van der Waals surface area contributed by atoms with Gasteiger partial charge in [-0.3, -0.25) is 11.8 Å². The predicted molar refractivity (Wildman–Crippen MR) is 257 cm³/mol. The molecule has 0 atom stereocenters. The fourth-order valence-electron chi connectivity index (χ4n) is 8.75. The zero-order chi connectivity index (χ0) is 40.6. The summed E-state index contributed by atoms with van der Waals surface area (Å²) in [6.07, 6.45) is 16.3. The molecule has 2 aliphatic rings. The van der Waals surface area contributed by atoms with E-state index < -0.39 is 15.8 Å². The van der Waals surface area contributed by atoms with E-state index in [1.165, 1.54) is 65.7 Å². The molecule has 304 valence electrons. The van der Waals surface area contributed by atoms with Gasteiger partial charge < -0.3 is 12.8 Å². The first-order valence-corrected chi connectivity index (χ1v) is 23.2. The molecule has 0 aromatic heterocycles. The van der Waals surface area contributed by atoms with Crippen LogP contribution in [0.2, 0.25) is 0 Å². The van der Waals surface area contributed by atoms with Crippen molar-refractivity contribution in [1.82, 2.24) is 0 Å². The summed E-state index contributed by atoms with van der Waals surface area (Å²) in [5.74, 6) is 4.87. The number of hydrogen-bond acceptors (Lipinski definition) is 0. The average molecular weight is 1190 g/mol. The monoisotopic (exact) mass is 1190 g/mol. The summed E-state index contributed by atoms with van der Waals surface area (Å²) in [6, 6.07) is 73.8. The first kappa shape index (κ1) is 45.7. The summed E-state index contributed by atoms with van der Waals surface area (Å²) in [6.45, 7) is 5.02. The smallest absolute Gasteiger partial charge is 0.366 e. The molecule has 0 saturated heterocycles. The van der Waals surface area contributed by atoms with E-state index in [0.717, 1.165) is 24.0 Å². The van der Waals surface area contributed by atoms with Gasteiger partial charge in [0.15, 0.2) is 4.90 Å². The van der Waals surface area contributed by atoms with E-state index in [0.29, 0.717) is 0 Å². The molecule has 0 nitrogen and oxygen atoms in total. The maximum Gasteiger partial charge on any atom is 1.00 e. The molecule has 8 aromatic carbocycles. The Balaban J connectivity index is 0.000000164. The molecule has 8 aromatic rings. The predicted octanol–water partition coefficient (Wildman–Crippen LogP) is 11.8. The van der Waals surface area contributed by atoms with Crippen LogP contribution in [0.3, 0.4) is 0 Å². The molecule has 0 saturated carbocycles. The van der Waals surface area contributed by atoms with Gasteiger partial charge in [0.1, 0.15) is 37.1 Å². The van der Waals surface area contributed by atoms with Crippen LogP contribution in [0.1, 0.15) is 47.2 Å². The van der Waals surface area contributed by atoms with E-state index in [-0.39, 0.29) is 49.7 Å². The van der Waals surface area contributed by atoms with Crippen molar-refractivity contribution < 1.29 is 44.8 Å². The molecule has 2 aliphatic carbocycles. The topological polar surface area (TPSA) is 0 Å². The van der Waals surface area contributed by atoms with Gasteiger partial charge in [-0.15, -0.1) is 35.4 Å². The van der Waals surface area contributed by atoms with Crippen molar-refractivity contribution in [3.8, 4) is 34.1 Å². The Morgan fingerprint density at radius 1 is 0.361 bits per heavy atom. The minimum atomic E-state index is -1.02. The van der Waals surface area contributed by atoms with Gasteiger partial charge in [-0.25, -0.2) is 0 Å². The molecule has 10 rings (SSSR count). The Morgan fingerprint density at radius 3 is 1.13 bits per heavy atom. The number of fused-ring (bicyclic) bond motifs is 6. The van der Waals surface area contributed by atoms with Gasteiger partial charge in [-0.05, 0) is 100 Å². The summed E-state index contributed by atoms with van der Waals surface area (Å²) < 4.78 is 0. The zero-order valence-electron chi connectivity index (χ0n) is 34.1. The minimum absolute atomic E-state index is 0. The Kier molecular flexibility index (Phi) is 16.0. The third-order valence-electron chi connectivity index (χ3n) is 11.4. The minimum Gasteiger partial charge on any atom is -0.366 e. The fourth-order valence-corrected chi connectivity index (χ4v) is 17.1. The third kappa shape index (κ3) is 10.3. The largest absolute Gasteiger partial charge is 1.00 e. The standard InChI is InChI=1S/C27H26P2.2C15H9.2Au/c1-27(2,28(23-15-7-3-8-16-23)24-17-9-4-10-18-24)29(25-19-11-5-12-20-25)26-21-13-6-14-22-26;1-2-11-7-8-15-13(9-11)10-12-5-3-4-6-14(12)15;1-2-11-7-8-13-10-12-5-3-4-6-14(12)15(13)9-11;;/h3-22H,1-2H3;2*3-9H,10H2;;/q;2*-1;2*+1/p+2.